The van der Waals surface area contributed by atoms with Gasteiger partial charge >= 0.3 is 0 Å². The summed E-state index contributed by atoms with van der Waals surface area (Å²) in [4.78, 5) is 31.8. The van der Waals surface area contributed by atoms with Crippen molar-refractivity contribution in [2.24, 2.45) is 5.41 Å². The summed E-state index contributed by atoms with van der Waals surface area (Å²) in [6.07, 6.45) is 3.03. The molecule has 1 aromatic carbocycles. The molecule has 0 saturated carbocycles. The minimum absolute atomic E-state index is 0.0383. The van der Waals surface area contributed by atoms with Crippen molar-refractivity contribution in [2.75, 3.05) is 26.2 Å². The van der Waals surface area contributed by atoms with Crippen LogP contribution in [0, 0.1) is 18.2 Å². The fourth-order valence-corrected chi connectivity index (χ4v) is 4.67. The molecule has 0 bridgehead atoms. The fourth-order valence-electron chi connectivity index (χ4n) is 4.67. The molecule has 148 valence electrons. The SMILES string of the molecule is Cc1ccc(C(=O)N2CCC3(CCCN(Cc4ccccc4F)C3)C2)c(=O)[nH]1. The minimum atomic E-state index is -0.323. The normalized spacial score (nSPS) is 22.7. The largest absolute Gasteiger partial charge is 0.338 e. The Kier molecular flexibility index (Phi) is 5.06. The molecule has 4 rings (SSSR count). The minimum Gasteiger partial charge on any atom is -0.338 e. The number of piperidine rings is 1. The van der Waals surface area contributed by atoms with Crippen LogP contribution in [0.3, 0.4) is 0 Å². The van der Waals surface area contributed by atoms with Gasteiger partial charge in [0.1, 0.15) is 11.4 Å². The maximum absolute atomic E-state index is 14.0. The number of benzene rings is 1. The van der Waals surface area contributed by atoms with Crippen LogP contribution >= 0.6 is 0 Å². The number of halogens is 1. The van der Waals surface area contributed by atoms with Gasteiger partial charge in [-0.2, -0.15) is 0 Å². The maximum atomic E-state index is 14.0. The number of likely N-dealkylation sites (tertiary alicyclic amines) is 2. The van der Waals surface area contributed by atoms with Crippen molar-refractivity contribution in [3.8, 4) is 0 Å². The summed E-state index contributed by atoms with van der Waals surface area (Å²) >= 11 is 0. The maximum Gasteiger partial charge on any atom is 0.260 e. The number of hydrogen-bond donors (Lipinski definition) is 1. The van der Waals surface area contributed by atoms with Gasteiger partial charge in [-0.3, -0.25) is 14.5 Å². The van der Waals surface area contributed by atoms with Crippen molar-refractivity contribution in [1.29, 1.82) is 0 Å². The lowest BCUT2D eigenvalue weighted by Gasteiger charge is -2.40. The Labute approximate surface area is 164 Å². The van der Waals surface area contributed by atoms with Crippen LogP contribution < -0.4 is 5.56 Å². The van der Waals surface area contributed by atoms with E-state index in [9.17, 15) is 14.0 Å². The first-order valence-electron chi connectivity index (χ1n) is 9.91. The van der Waals surface area contributed by atoms with Gasteiger partial charge in [-0.15, -0.1) is 0 Å². The molecule has 1 unspecified atom stereocenters. The first-order chi connectivity index (χ1) is 13.5. The van der Waals surface area contributed by atoms with Crippen molar-refractivity contribution in [1.82, 2.24) is 14.8 Å². The van der Waals surface area contributed by atoms with E-state index in [0.717, 1.165) is 43.6 Å². The van der Waals surface area contributed by atoms with Gasteiger partial charge in [-0.05, 0) is 50.9 Å². The fraction of sp³-hybridized carbons (Fsp3) is 0.455. The smallest absolute Gasteiger partial charge is 0.260 e. The highest BCUT2D eigenvalue weighted by Gasteiger charge is 2.43. The second-order valence-electron chi connectivity index (χ2n) is 8.27. The number of amides is 1. The highest BCUT2D eigenvalue weighted by molar-refractivity contribution is 5.94. The van der Waals surface area contributed by atoms with E-state index in [0.29, 0.717) is 19.6 Å². The molecule has 2 saturated heterocycles. The third-order valence-electron chi connectivity index (χ3n) is 6.10. The molecule has 28 heavy (non-hydrogen) atoms. The summed E-state index contributed by atoms with van der Waals surface area (Å²) < 4.78 is 14.0. The van der Waals surface area contributed by atoms with Crippen LogP contribution in [0.4, 0.5) is 4.39 Å². The Bertz CT molecular complexity index is 941. The van der Waals surface area contributed by atoms with E-state index in [1.165, 1.54) is 6.07 Å². The van der Waals surface area contributed by atoms with Gasteiger partial charge < -0.3 is 9.88 Å². The molecule has 1 atom stereocenters. The summed E-state index contributed by atoms with van der Waals surface area (Å²) in [5.41, 5.74) is 1.39. The molecule has 2 aromatic rings. The number of aromatic amines is 1. The number of nitrogens with zero attached hydrogens (tertiary/aromatic N) is 2. The molecular weight excluding hydrogens is 357 g/mol. The van der Waals surface area contributed by atoms with E-state index in [2.05, 4.69) is 9.88 Å². The van der Waals surface area contributed by atoms with E-state index < -0.39 is 0 Å². The van der Waals surface area contributed by atoms with Crippen LogP contribution in [0.5, 0.6) is 0 Å². The van der Waals surface area contributed by atoms with Gasteiger partial charge in [0.25, 0.3) is 11.5 Å². The molecule has 3 heterocycles. The van der Waals surface area contributed by atoms with Crippen LogP contribution in [-0.2, 0) is 6.54 Å². The Balaban J connectivity index is 1.45. The third-order valence-corrected chi connectivity index (χ3v) is 6.10. The molecule has 2 aliphatic rings. The third kappa shape index (κ3) is 3.74. The lowest BCUT2D eigenvalue weighted by molar-refractivity contribution is 0.0672. The van der Waals surface area contributed by atoms with E-state index in [-0.39, 0.29) is 28.3 Å². The highest BCUT2D eigenvalue weighted by atomic mass is 19.1. The average molecular weight is 383 g/mol. The number of nitrogens with one attached hydrogen (secondary N) is 1. The average Bonchev–Trinajstić information content (AvgIpc) is 3.06. The first kappa shape index (κ1) is 18.9. The predicted octanol–water partition coefficient (Wildman–Crippen LogP) is 2.95. The number of aromatic nitrogens is 1. The Morgan fingerprint density at radius 1 is 1.14 bits per heavy atom. The van der Waals surface area contributed by atoms with Crippen molar-refractivity contribution in [3.63, 3.8) is 0 Å². The number of aryl methyl sites for hydroxylation is 1. The number of H-pyrrole nitrogens is 1. The van der Waals surface area contributed by atoms with Crippen molar-refractivity contribution < 1.29 is 9.18 Å². The standard InChI is InChI=1S/C22H26FN3O2/c1-16-7-8-18(20(27)24-16)21(28)26-12-10-22(15-26)9-4-11-25(14-22)13-17-5-2-3-6-19(17)23/h2-3,5-8H,4,9-15H2,1H3,(H,24,27). The quantitative estimate of drug-likeness (QED) is 0.887. The Hall–Kier alpha value is -2.47. The van der Waals surface area contributed by atoms with Gasteiger partial charge in [0.05, 0.1) is 0 Å². The number of pyridine rings is 1. The van der Waals surface area contributed by atoms with Gasteiger partial charge in [0.15, 0.2) is 0 Å². The van der Waals surface area contributed by atoms with Crippen LogP contribution in [-0.4, -0.2) is 46.9 Å². The summed E-state index contributed by atoms with van der Waals surface area (Å²) in [5.74, 6) is -0.353. The molecule has 2 aliphatic heterocycles. The molecule has 2 fully saturated rings. The molecule has 1 aromatic heterocycles. The van der Waals surface area contributed by atoms with Crippen molar-refractivity contribution >= 4 is 5.91 Å². The number of carbonyl (C=O) groups is 1. The number of rotatable bonds is 3. The summed E-state index contributed by atoms with van der Waals surface area (Å²) in [5, 5.41) is 0. The monoisotopic (exact) mass is 383 g/mol. The van der Waals surface area contributed by atoms with Gasteiger partial charge in [-0.1, -0.05) is 18.2 Å². The topological polar surface area (TPSA) is 56.4 Å². The molecular formula is C22H26FN3O2. The predicted molar refractivity (Wildman–Crippen MR) is 106 cm³/mol. The van der Waals surface area contributed by atoms with Gasteiger partial charge in [-0.25, -0.2) is 4.39 Å². The van der Waals surface area contributed by atoms with Crippen molar-refractivity contribution in [2.45, 2.75) is 32.7 Å². The summed E-state index contributed by atoms with van der Waals surface area (Å²) in [6, 6.07) is 10.3. The molecule has 5 nitrogen and oxygen atoms in total. The number of hydrogen-bond acceptors (Lipinski definition) is 3. The summed E-state index contributed by atoms with van der Waals surface area (Å²) in [6.45, 7) is 5.52. The summed E-state index contributed by atoms with van der Waals surface area (Å²) in [7, 11) is 0. The first-order valence-corrected chi connectivity index (χ1v) is 9.91. The van der Waals surface area contributed by atoms with Crippen LogP contribution in [0.1, 0.15) is 40.9 Å². The van der Waals surface area contributed by atoms with E-state index in [4.69, 9.17) is 0 Å². The molecule has 0 radical (unpaired) electrons. The second kappa shape index (κ2) is 7.51. The molecule has 6 heteroatoms. The molecule has 1 spiro atoms. The zero-order chi connectivity index (χ0) is 19.7. The molecule has 1 N–H and O–H groups in total. The van der Waals surface area contributed by atoms with Crippen LogP contribution in [0.15, 0.2) is 41.2 Å². The second-order valence-corrected chi connectivity index (χ2v) is 8.27. The van der Waals surface area contributed by atoms with E-state index >= 15 is 0 Å². The number of carbonyl (C=O) groups excluding carboxylic acids is 1. The van der Waals surface area contributed by atoms with E-state index in [1.54, 1.807) is 25.1 Å². The Morgan fingerprint density at radius 2 is 1.96 bits per heavy atom. The van der Waals surface area contributed by atoms with Crippen LogP contribution in [0.25, 0.3) is 0 Å². The van der Waals surface area contributed by atoms with Crippen molar-refractivity contribution in [3.05, 3.63) is 69.4 Å². The van der Waals surface area contributed by atoms with Gasteiger partial charge in [0.2, 0.25) is 0 Å². The zero-order valence-electron chi connectivity index (χ0n) is 16.2. The van der Waals surface area contributed by atoms with E-state index in [1.807, 2.05) is 17.0 Å². The lowest BCUT2D eigenvalue weighted by atomic mass is 9.79. The molecule has 0 aliphatic carbocycles. The lowest BCUT2D eigenvalue weighted by Crippen LogP contribution is -2.45. The van der Waals surface area contributed by atoms with Gasteiger partial charge in [0, 0.05) is 42.9 Å². The Morgan fingerprint density at radius 3 is 2.75 bits per heavy atom. The van der Waals surface area contributed by atoms with Crippen LogP contribution in [0.2, 0.25) is 0 Å². The molecule has 1 amide bonds. The zero-order valence-corrected chi connectivity index (χ0v) is 16.2. The highest BCUT2D eigenvalue weighted by Crippen LogP contribution is 2.39.